The van der Waals surface area contributed by atoms with Gasteiger partial charge in [-0.15, -0.1) is 0 Å². The topological polar surface area (TPSA) is 57.1 Å². The number of nitrogens with zero attached hydrogens (tertiary/aromatic N) is 2. The van der Waals surface area contributed by atoms with Crippen LogP contribution in [0.15, 0.2) is 42.5 Å². The molecule has 0 unspecified atom stereocenters. The van der Waals surface area contributed by atoms with E-state index in [1.165, 1.54) is 16.2 Å². The number of para-hydroxylation sites is 2. The van der Waals surface area contributed by atoms with Crippen molar-refractivity contribution in [2.45, 2.75) is 33.2 Å². The fourth-order valence-electron chi connectivity index (χ4n) is 4.79. The predicted molar refractivity (Wildman–Crippen MR) is 124 cm³/mol. The highest BCUT2D eigenvalue weighted by Crippen LogP contribution is 2.31. The fraction of sp³-hybridized carbons (Fsp3) is 0.440. The van der Waals surface area contributed by atoms with Crippen LogP contribution >= 0.6 is 0 Å². The highest BCUT2D eigenvalue weighted by Gasteiger charge is 2.31. The van der Waals surface area contributed by atoms with Crippen molar-refractivity contribution in [3.05, 3.63) is 59.2 Å². The van der Waals surface area contributed by atoms with Crippen LogP contribution in [-0.4, -0.2) is 62.0 Å². The lowest BCUT2D eigenvalue weighted by molar-refractivity contribution is -0.895. The molecule has 6 heteroatoms. The molecule has 2 aromatic rings. The maximum absolute atomic E-state index is 13.0. The van der Waals surface area contributed by atoms with Crippen molar-refractivity contribution in [3.8, 4) is 0 Å². The van der Waals surface area contributed by atoms with E-state index in [4.69, 9.17) is 0 Å². The average molecular weight is 422 g/mol. The van der Waals surface area contributed by atoms with Crippen LogP contribution in [0.25, 0.3) is 0 Å². The third kappa shape index (κ3) is 4.74. The van der Waals surface area contributed by atoms with Crippen molar-refractivity contribution in [2.24, 2.45) is 0 Å². The summed E-state index contributed by atoms with van der Waals surface area (Å²) in [6.07, 6.45) is 0.997. The van der Waals surface area contributed by atoms with Crippen LogP contribution in [0, 0.1) is 13.8 Å². The van der Waals surface area contributed by atoms with Gasteiger partial charge in [0.1, 0.15) is 0 Å². The molecule has 0 bridgehead atoms. The average Bonchev–Trinajstić information content (AvgIpc) is 3.06. The Labute approximate surface area is 184 Å². The van der Waals surface area contributed by atoms with E-state index in [1.54, 1.807) is 0 Å². The number of benzene rings is 2. The number of quaternary nitrogens is 1. The maximum atomic E-state index is 13.0. The number of carbonyl (C=O) groups is 2. The monoisotopic (exact) mass is 421 g/mol. The van der Waals surface area contributed by atoms with Gasteiger partial charge < -0.3 is 20.0 Å². The molecule has 1 fully saturated rings. The molecule has 2 heterocycles. The van der Waals surface area contributed by atoms with E-state index >= 15 is 0 Å². The molecule has 1 atom stereocenters. The van der Waals surface area contributed by atoms with Crippen molar-refractivity contribution >= 4 is 23.2 Å². The number of hydrogen-bond acceptors (Lipinski definition) is 3. The molecule has 4 rings (SSSR count). The number of carbonyl (C=O) groups excluding carboxylic acids is 2. The third-order valence-electron chi connectivity index (χ3n) is 6.63. The molecule has 1 saturated heterocycles. The Morgan fingerprint density at radius 2 is 1.71 bits per heavy atom. The number of aryl methyl sites for hydroxylation is 2. The zero-order chi connectivity index (χ0) is 22.0. The maximum Gasteiger partial charge on any atom is 0.279 e. The van der Waals surface area contributed by atoms with Crippen molar-refractivity contribution in [3.63, 3.8) is 0 Å². The Bertz CT molecular complexity index is 945. The van der Waals surface area contributed by atoms with Gasteiger partial charge in [-0.05, 0) is 49.9 Å². The van der Waals surface area contributed by atoms with Gasteiger partial charge in [-0.25, -0.2) is 0 Å². The molecule has 164 valence electrons. The number of hydrogen-bond donors (Lipinski definition) is 2. The predicted octanol–water partition coefficient (Wildman–Crippen LogP) is 1.42. The van der Waals surface area contributed by atoms with Crippen molar-refractivity contribution in [1.82, 2.24) is 4.90 Å². The normalized spacial score (nSPS) is 18.7. The molecule has 2 N–H and O–H groups in total. The lowest BCUT2D eigenvalue weighted by Gasteiger charge is -2.34. The Morgan fingerprint density at radius 3 is 2.42 bits per heavy atom. The molecule has 2 aromatic carbocycles. The zero-order valence-corrected chi connectivity index (χ0v) is 18.8. The van der Waals surface area contributed by atoms with Crippen LogP contribution in [-0.2, 0) is 16.0 Å². The molecule has 0 radical (unpaired) electrons. The third-order valence-corrected chi connectivity index (χ3v) is 6.63. The van der Waals surface area contributed by atoms with Gasteiger partial charge in [0, 0.05) is 17.4 Å². The van der Waals surface area contributed by atoms with Gasteiger partial charge >= 0.3 is 0 Å². The molecule has 2 aliphatic rings. The minimum atomic E-state index is 0.0367. The number of fused-ring (bicyclic) bond motifs is 1. The minimum Gasteiger partial charge on any atom is -0.359 e. The Balaban J connectivity index is 1.27. The van der Waals surface area contributed by atoms with Crippen molar-refractivity contribution in [2.75, 3.05) is 49.5 Å². The fourth-order valence-corrected chi connectivity index (χ4v) is 4.79. The van der Waals surface area contributed by atoms with E-state index in [-0.39, 0.29) is 11.8 Å². The van der Waals surface area contributed by atoms with E-state index in [2.05, 4.69) is 35.3 Å². The van der Waals surface area contributed by atoms with Gasteiger partial charge in [0.15, 0.2) is 6.54 Å². The SMILES string of the molecule is Cc1cccc(C)c1NC(=O)C[NH+]1CCN(C(=O)CN2c3ccccc3C[C@H]2C)CC1. The minimum absolute atomic E-state index is 0.0367. The number of piperazine rings is 1. The van der Waals surface area contributed by atoms with Crippen LogP contribution in [0.3, 0.4) is 0 Å². The van der Waals surface area contributed by atoms with E-state index < -0.39 is 0 Å². The number of amides is 2. The number of rotatable bonds is 5. The number of anilines is 2. The summed E-state index contributed by atoms with van der Waals surface area (Å²) in [6, 6.07) is 14.8. The molecule has 31 heavy (non-hydrogen) atoms. The van der Waals surface area contributed by atoms with Crippen LogP contribution < -0.4 is 15.1 Å². The number of nitrogens with one attached hydrogen (secondary N) is 2. The quantitative estimate of drug-likeness (QED) is 0.768. The van der Waals surface area contributed by atoms with Gasteiger partial charge in [-0.1, -0.05) is 36.4 Å². The molecule has 2 aliphatic heterocycles. The van der Waals surface area contributed by atoms with Crippen LogP contribution in [0.1, 0.15) is 23.6 Å². The molecular weight excluding hydrogens is 388 g/mol. The Kier molecular flexibility index (Phi) is 6.28. The highest BCUT2D eigenvalue weighted by atomic mass is 16.2. The second kappa shape index (κ2) is 9.10. The molecule has 0 aromatic heterocycles. The Morgan fingerprint density at radius 1 is 1.03 bits per heavy atom. The second-order valence-corrected chi connectivity index (χ2v) is 8.93. The summed E-state index contributed by atoms with van der Waals surface area (Å²) in [4.78, 5) is 30.9. The molecule has 6 nitrogen and oxygen atoms in total. The summed E-state index contributed by atoms with van der Waals surface area (Å²) >= 11 is 0. The van der Waals surface area contributed by atoms with E-state index in [0.29, 0.717) is 32.2 Å². The van der Waals surface area contributed by atoms with E-state index in [0.717, 1.165) is 36.3 Å². The van der Waals surface area contributed by atoms with Gasteiger partial charge in [-0.3, -0.25) is 9.59 Å². The smallest absolute Gasteiger partial charge is 0.279 e. The van der Waals surface area contributed by atoms with Gasteiger partial charge in [0.05, 0.1) is 32.7 Å². The highest BCUT2D eigenvalue weighted by molar-refractivity contribution is 5.93. The van der Waals surface area contributed by atoms with Crippen LogP contribution in [0.5, 0.6) is 0 Å². The summed E-state index contributed by atoms with van der Waals surface area (Å²) in [6.45, 7) is 10.1. The van der Waals surface area contributed by atoms with Gasteiger partial charge in [-0.2, -0.15) is 0 Å². The summed E-state index contributed by atoms with van der Waals surface area (Å²) in [5.41, 5.74) is 5.59. The van der Waals surface area contributed by atoms with Crippen molar-refractivity contribution in [1.29, 1.82) is 0 Å². The van der Waals surface area contributed by atoms with Crippen molar-refractivity contribution < 1.29 is 14.5 Å². The zero-order valence-electron chi connectivity index (χ0n) is 18.8. The molecule has 0 saturated carbocycles. The van der Waals surface area contributed by atoms with E-state index in [1.807, 2.05) is 43.0 Å². The summed E-state index contributed by atoms with van der Waals surface area (Å²) in [5.74, 6) is 0.220. The first-order valence-corrected chi connectivity index (χ1v) is 11.2. The molecule has 0 spiro atoms. The molecule has 2 amide bonds. The first-order valence-electron chi connectivity index (χ1n) is 11.2. The summed E-state index contributed by atoms with van der Waals surface area (Å²) in [5, 5.41) is 3.08. The Hall–Kier alpha value is -2.86. The largest absolute Gasteiger partial charge is 0.359 e. The first-order chi connectivity index (χ1) is 14.9. The van der Waals surface area contributed by atoms with Gasteiger partial charge in [0.2, 0.25) is 5.91 Å². The lowest BCUT2D eigenvalue weighted by atomic mass is 10.1. The lowest BCUT2D eigenvalue weighted by Crippen LogP contribution is -3.15. The first kappa shape index (κ1) is 21.4. The van der Waals surface area contributed by atoms with Crippen LogP contribution in [0.4, 0.5) is 11.4 Å². The standard InChI is InChI=1S/C25H32N4O2/c1-18-7-6-8-19(2)25(18)26-23(30)16-27-11-13-28(14-12-27)24(31)17-29-20(3)15-21-9-4-5-10-22(21)29/h4-10,20H,11-17H2,1-3H3,(H,26,30)/p+1/t20-/m1/s1. The second-order valence-electron chi connectivity index (χ2n) is 8.93. The molecular formula is C25H33N4O2+. The van der Waals surface area contributed by atoms with E-state index in [9.17, 15) is 9.59 Å². The van der Waals surface area contributed by atoms with Gasteiger partial charge in [0.25, 0.3) is 5.91 Å². The summed E-state index contributed by atoms with van der Waals surface area (Å²) < 4.78 is 0. The van der Waals surface area contributed by atoms with Crippen LogP contribution in [0.2, 0.25) is 0 Å². The molecule has 0 aliphatic carbocycles. The summed E-state index contributed by atoms with van der Waals surface area (Å²) in [7, 11) is 0.